The van der Waals surface area contributed by atoms with E-state index in [1.807, 2.05) is 0 Å². The summed E-state index contributed by atoms with van der Waals surface area (Å²) in [6, 6.07) is 1.37. The molecule has 1 aromatic heterocycles. The average Bonchev–Trinajstić information content (AvgIpc) is 2.67. The SMILES string of the molecule is Nc1ccn(C2OC(CO)C(O)C2O)c(=O)n1.[CH3][Sn][CH3]. The van der Waals surface area contributed by atoms with E-state index < -0.39 is 36.8 Å². The summed E-state index contributed by atoms with van der Waals surface area (Å²) >= 11 is 0.230. The maximum atomic E-state index is 11.5. The number of anilines is 1. The van der Waals surface area contributed by atoms with Crippen molar-refractivity contribution in [3.8, 4) is 0 Å². The van der Waals surface area contributed by atoms with E-state index in [9.17, 15) is 15.0 Å². The van der Waals surface area contributed by atoms with Crippen LogP contribution < -0.4 is 11.4 Å². The average molecular weight is 392 g/mol. The Kier molecular flexibility index (Phi) is 6.89. The van der Waals surface area contributed by atoms with Crippen LogP contribution in [0.5, 0.6) is 0 Å². The van der Waals surface area contributed by atoms with Gasteiger partial charge in [0.25, 0.3) is 0 Å². The number of aromatic nitrogens is 2. The molecule has 0 aromatic carbocycles. The van der Waals surface area contributed by atoms with Gasteiger partial charge in [0.2, 0.25) is 0 Å². The van der Waals surface area contributed by atoms with Gasteiger partial charge in [-0.15, -0.1) is 0 Å². The third-order valence-electron chi connectivity index (χ3n) is 2.64. The first-order valence-corrected chi connectivity index (χ1v) is 11.7. The summed E-state index contributed by atoms with van der Waals surface area (Å²) in [5.41, 5.74) is 4.63. The van der Waals surface area contributed by atoms with Crippen LogP contribution in [0.15, 0.2) is 17.1 Å². The molecule has 2 radical (unpaired) electrons. The van der Waals surface area contributed by atoms with Crippen molar-refractivity contribution in [1.29, 1.82) is 0 Å². The van der Waals surface area contributed by atoms with Crippen LogP contribution in [0.2, 0.25) is 9.88 Å². The van der Waals surface area contributed by atoms with Crippen molar-refractivity contribution >= 4 is 27.0 Å². The van der Waals surface area contributed by atoms with E-state index in [0.29, 0.717) is 0 Å². The van der Waals surface area contributed by atoms with Crippen molar-refractivity contribution < 1.29 is 20.1 Å². The summed E-state index contributed by atoms with van der Waals surface area (Å²) in [6.07, 6.45) is -3.27. The molecule has 1 aliphatic heterocycles. The van der Waals surface area contributed by atoms with Gasteiger partial charge in [-0.3, -0.25) is 4.57 Å². The Labute approximate surface area is 126 Å². The zero-order valence-electron chi connectivity index (χ0n) is 11.3. The molecule has 112 valence electrons. The molecule has 1 saturated heterocycles. The maximum absolute atomic E-state index is 11.5. The van der Waals surface area contributed by atoms with E-state index >= 15 is 0 Å². The van der Waals surface area contributed by atoms with Crippen molar-refractivity contribution in [2.75, 3.05) is 12.3 Å². The third-order valence-corrected chi connectivity index (χ3v) is 2.64. The molecular weight excluding hydrogens is 373 g/mol. The zero-order valence-corrected chi connectivity index (χ0v) is 14.2. The minimum atomic E-state index is -1.31. The van der Waals surface area contributed by atoms with Crippen LogP contribution in [0.1, 0.15) is 6.23 Å². The van der Waals surface area contributed by atoms with Crippen molar-refractivity contribution in [3.63, 3.8) is 0 Å². The molecule has 0 spiro atoms. The Balaban J connectivity index is 0.000000612. The second-order valence-electron chi connectivity index (χ2n) is 4.27. The first kappa shape index (κ1) is 17.4. The number of aliphatic hydroxyl groups is 3. The van der Waals surface area contributed by atoms with Gasteiger partial charge < -0.3 is 25.8 Å². The van der Waals surface area contributed by atoms with E-state index in [2.05, 4.69) is 14.9 Å². The summed E-state index contributed by atoms with van der Waals surface area (Å²) < 4.78 is 6.19. The molecule has 1 aromatic rings. The van der Waals surface area contributed by atoms with Gasteiger partial charge in [-0.1, -0.05) is 0 Å². The molecule has 0 aliphatic carbocycles. The molecule has 8 nitrogen and oxygen atoms in total. The molecule has 20 heavy (non-hydrogen) atoms. The summed E-state index contributed by atoms with van der Waals surface area (Å²) in [5, 5.41) is 28.2. The molecule has 1 aliphatic rings. The van der Waals surface area contributed by atoms with Crippen molar-refractivity contribution in [1.82, 2.24) is 9.55 Å². The second kappa shape index (κ2) is 7.93. The number of hydrogen-bond donors (Lipinski definition) is 4. The van der Waals surface area contributed by atoms with Gasteiger partial charge in [-0.05, 0) is 6.07 Å². The molecule has 4 atom stereocenters. The predicted molar refractivity (Wildman–Crippen MR) is 73.4 cm³/mol. The zero-order chi connectivity index (χ0) is 15.3. The molecule has 2 rings (SSSR count). The van der Waals surface area contributed by atoms with Gasteiger partial charge in [-0.2, -0.15) is 4.98 Å². The van der Waals surface area contributed by atoms with Crippen LogP contribution in [0.4, 0.5) is 5.82 Å². The van der Waals surface area contributed by atoms with Crippen molar-refractivity contribution in [2.24, 2.45) is 0 Å². The van der Waals surface area contributed by atoms with Crippen LogP contribution in [0.3, 0.4) is 0 Å². The Morgan fingerprint density at radius 3 is 2.50 bits per heavy atom. The number of rotatable bonds is 2. The molecule has 0 saturated carbocycles. The molecule has 0 bridgehead atoms. The van der Waals surface area contributed by atoms with Crippen LogP contribution in [0.25, 0.3) is 0 Å². The van der Waals surface area contributed by atoms with Gasteiger partial charge in [0, 0.05) is 6.20 Å². The van der Waals surface area contributed by atoms with E-state index in [0.717, 1.165) is 4.57 Å². The number of ether oxygens (including phenoxy) is 1. The number of nitrogens with zero attached hydrogens (tertiary/aromatic N) is 2. The Morgan fingerprint density at radius 2 is 2.05 bits per heavy atom. The van der Waals surface area contributed by atoms with Gasteiger partial charge in [0.15, 0.2) is 6.23 Å². The van der Waals surface area contributed by atoms with E-state index in [4.69, 9.17) is 15.6 Å². The third kappa shape index (κ3) is 3.92. The fourth-order valence-corrected chi connectivity index (χ4v) is 1.73. The van der Waals surface area contributed by atoms with E-state index in [1.165, 1.54) is 12.3 Å². The predicted octanol–water partition coefficient (Wildman–Crippen LogP) is -1.78. The fourth-order valence-electron chi connectivity index (χ4n) is 1.73. The summed E-state index contributed by atoms with van der Waals surface area (Å²) in [7, 11) is 0. The van der Waals surface area contributed by atoms with Crippen LogP contribution >= 0.6 is 0 Å². The Bertz CT molecular complexity index is 483. The van der Waals surface area contributed by atoms with Crippen LogP contribution in [-0.4, -0.2) is 70.9 Å². The quantitative estimate of drug-likeness (QED) is 0.438. The molecular formula is C11H19N3O5Sn. The monoisotopic (exact) mass is 393 g/mol. The van der Waals surface area contributed by atoms with E-state index in [-0.39, 0.29) is 27.0 Å². The molecule has 2 heterocycles. The number of nitrogen functional groups attached to an aromatic ring is 1. The Morgan fingerprint density at radius 1 is 1.45 bits per heavy atom. The first-order valence-electron chi connectivity index (χ1n) is 6.01. The Hall–Kier alpha value is -0.681. The van der Waals surface area contributed by atoms with Crippen molar-refractivity contribution in [2.45, 2.75) is 34.4 Å². The van der Waals surface area contributed by atoms with Crippen molar-refractivity contribution in [3.05, 3.63) is 22.7 Å². The molecule has 4 unspecified atom stereocenters. The number of aliphatic hydroxyl groups excluding tert-OH is 3. The molecule has 5 N–H and O–H groups in total. The number of nitrogens with two attached hydrogens (primary N) is 1. The first-order chi connectivity index (χ1) is 9.46. The fraction of sp³-hybridized carbons (Fsp3) is 0.636. The van der Waals surface area contributed by atoms with Gasteiger partial charge >= 0.3 is 36.7 Å². The standard InChI is InChI=1S/C9H13N3O5.2CH3.Sn/c10-5-1-2-12(9(16)11-5)8-7(15)6(14)4(3-13)17-8;;;/h1-2,4,6-8,13-15H,3H2,(H2,10,11,16);2*1H3;. The summed E-state index contributed by atoms with van der Waals surface area (Å²) in [4.78, 5) is 19.6. The van der Waals surface area contributed by atoms with Crippen LogP contribution in [0, 0.1) is 0 Å². The summed E-state index contributed by atoms with van der Waals surface area (Å²) in [5.74, 6) is 0.0537. The van der Waals surface area contributed by atoms with Crippen LogP contribution in [-0.2, 0) is 4.74 Å². The van der Waals surface area contributed by atoms with E-state index in [1.54, 1.807) is 0 Å². The van der Waals surface area contributed by atoms with Gasteiger partial charge in [-0.25, -0.2) is 4.79 Å². The molecule has 0 amide bonds. The van der Waals surface area contributed by atoms with Gasteiger partial charge in [0.1, 0.15) is 24.1 Å². The minimum absolute atomic E-state index is 0.0537. The number of hydrogen-bond acceptors (Lipinski definition) is 7. The van der Waals surface area contributed by atoms with Gasteiger partial charge in [0.05, 0.1) is 6.61 Å². The molecule has 1 fully saturated rings. The topological polar surface area (TPSA) is 131 Å². The normalized spacial score (nSPS) is 28.9. The second-order valence-corrected chi connectivity index (χ2v) is 7.13. The summed E-state index contributed by atoms with van der Waals surface area (Å²) in [6.45, 7) is -0.453. The molecule has 9 heteroatoms.